The first-order valence-corrected chi connectivity index (χ1v) is 10.8. The molecule has 0 aliphatic heterocycles. The molecule has 2 N–H and O–H groups in total. The predicted octanol–water partition coefficient (Wildman–Crippen LogP) is 2.63. The quantitative estimate of drug-likeness (QED) is 0.655. The highest BCUT2D eigenvalue weighted by molar-refractivity contribution is 7.92. The Bertz CT molecular complexity index is 1190. The Morgan fingerprint density at radius 1 is 0.692 bits per heavy atom. The van der Waals surface area contributed by atoms with Crippen LogP contribution in [0.15, 0.2) is 70.5 Å². The molecular formula is C18H18N2O4S2. The third-order valence-electron chi connectivity index (χ3n) is 3.97. The van der Waals surface area contributed by atoms with Crippen molar-refractivity contribution >= 4 is 30.8 Å². The second kappa shape index (κ2) is 6.81. The van der Waals surface area contributed by atoms with E-state index in [2.05, 4.69) is 0 Å². The van der Waals surface area contributed by atoms with E-state index < -0.39 is 20.0 Å². The lowest BCUT2D eigenvalue weighted by Gasteiger charge is -2.12. The molecule has 0 spiro atoms. The maximum absolute atomic E-state index is 12.5. The van der Waals surface area contributed by atoms with Crippen LogP contribution < -0.4 is 9.66 Å². The number of hydrogen-bond acceptors (Lipinski definition) is 4. The van der Waals surface area contributed by atoms with Gasteiger partial charge in [0, 0.05) is 0 Å². The topological polar surface area (TPSA) is 92.3 Å². The summed E-state index contributed by atoms with van der Waals surface area (Å²) in [5.41, 5.74) is 1.28. The maximum atomic E-state index is 12.5. The maximum Gasteiger partial charge on any atom is 0.254 e. The average molecular weight is 390 g/mol. The Labute approximate surface area is 152 Å². The lowest BCUT2D eigenvalue weighted by molar-refractivity contribution is 0.557. The largest absolute Gasteiger partial charge is 0.254 e. The van der Waals surface area contributed by atoms with Gasteiger partial charge < -0.3 is 0 Å². The lowest BCUT2D eigenvalue weighted by atomic mass is 10.1. The van der Waals surface area contributed by atoms with Crippen LogP contribution in [0.1, 0.15) is 11.1 Å². The minimum Gasteiger partial charge on any atom is -0.206 e. The van der Waals surface area contributed by atoms with Crippen LogP contribution in [-0.2, 0) is 20.0 Å². The van der Waals surface area contributed by atoms with E-state index in [4.69, 9.17) is 0 Å². The highest BCUT2D eigenvalue weighted by Gasteiger charge is 2.21. The average Bonchev–Trinajstić information content (AvgIpc) is 2.62. The number of hydrazine groups is 1. The molecule has 0 unspecified atom stereocenters. The fourth-order valence-corrected chi connectivity index (χ4v) is 5.02. The first-order chi connectivity index (χ1) is 12.2. The van der Waals surface area contributed by atoms with Crippen LogP contribution in [0, 0.1) is 13.8 Å². The lowest BCUT2D eigenvalue weighted by Crippen LogP contribution is -2.41. The number of aryl methyl sites for hydroxylation is 2. The predicted molar refractivity (Wildman–Crippen MR) is 101 cm³/mol. The van der Waals surface area contributed by atoms with E-state index >= 15 is 0 Å². The number of fused-ring (bicyclic) bond motifs is 1. The Morgan fingerprint density at radius 2 is 1.35 bits per heavy atom. The van der Waals surface area contributed by atoms with Crippen LogP contribution in [0.25, 0.3) is 10.8 Å². The standard InChI is InChI=1S/C18H18N2O4S2/c1-13-7-8-14(2)18(11-13)26(23,24)20-19-25(21,22)17-10-9-15-5-3-4-6-16(15)12-17/h3-12,19-20H,1-2H3. The summed E-state index contributed by atoms with van der Waals surface area (Å²) in [6, 6.07) is 16.8. The van der Waals surface area contributed by atoms with Crippen molar-refractivity contribution in [2.24, 2.45) is 0 Å². The number of sulfonamides is 2. The molecule has 0 fully saturated rings. The second-order valence-corrected chi connectivity index (χ2v) is 9.32. The van der Waals surface area contributed by atoms with Gasteiger partial charge in [-0.2, -0.15) is 0 Å². The van der Waals surface area contributed by atoms with Crippen molar-refractivity contribution in [3.8, 4) is 0 Å². The first kappa shape index (κ1) is 18.5. The van der Waals surface area contributed by atoms with E-state index in [9.17, 15) is 16.8 Å². The van der Waals surface area contributed by atoms with Gasteiger partial charge in [0.1, 0.15) is 0 Å². The molecule has 3 aromatic rings. The number of hydrogen-bond donors (Lipinski definition) is 2. The van der Waals surface area contributed by atoms with Crippen LogP contribution in [0.3, 0.4) is 0 Å². The zero-order valence-corrected chi connectivity index (χ0v) is 15.9. The summed E-state index contributed by atoms with van der Waals surface area (Å²) < 4.78 is 49.9. The van der Waals surface area contributed by atoms with Gasteiger partial charge in [0.15, 0.2) is 0 Å². The summed E-state index contributed by atoms with van der Waals surface area (Å²) in [7, 11) is -8.09. The Hall–Kier alpha value is -2.26. The van der Waals surface area contributed by atoms with Crippen LogP contribution in [0.4, 0.5) is 0 Å². The van der Waals surface area contributed by atoms with Crippen molar-refractivity contribution in [2.45, 2.75) is 23.6 Å². The molecule has 8 heteroatoms. The molecule has 136 valence electrons. The van der Waals surface area contributed by atoms with E-state index in [1.54, 1.807) is 44.2 Å². The first-order valence-electron chi connectivity index (χ1n) is 7.79. The molecule has 3 rings (SSSR count). The normalized spacial score (nSPS) is 12.4. The number of rotatable bonds is 5. The minimum absolute atomic E-state index is 0.0266. The smallest absolute Gasteiger partial charge is 0.206 e. The van der Waals surface area contributed by atoms with Crippen LogP contribution >= 0.6 is 0 Å². The van der Waals surface area contributed by atoms with Gasteiger partial charge in [-0.3, -0.25) is 0 Å². The Morgan fingerprint density at radius 3 is 2.08 bits per heavy atom. The molecule has 3 aromatic carbocycles. The van der Waals surface area contributed by atoms with Crippen LogP contribution in [-0.4, -0.2) is 16.8 Å². The summed E-state index contributed by atoms with van der Waals surface area (Å²) >= 11 is 0. The van der Waals surface area contributed by atoms with Crippen LogP contribution in [0.5, 0.6) is 0 Å². The van der Waals surface area contributed by atoms with E-state index in [-0.39, 0.29) is 9.79 Å². The molecule has 0 radical (unpaired) electrons. The fraction of sp³-hybridized carbons (Fsp3) is 0.111. The van der Waals surface area contributed by atoms with E-state index in [1.165, 1.54) is 18.2 Å². The van der Waals surface area contributed by atoms with Gasteiger partial charge >= 0.3 is 0 Å². The zero-order chi connectivity index (χ0) is 18.9. The van der Waals surface area contributed by atoms with E-state index in [0.717, 1.165) is 16.3 Å². The van der Waals surface area contributed by atoms with Crippen molar-refractivity contribution in [1.29, 1.82) is 0 Å². The Balaban J connectivity index is 1.88. The number of benzene rings is 3. The highest BCUT2D eigenvalue weighted by Crippen LogP contribution is 2.19. The van der Waals surface area contributed by atoms with Gasteiger partial charge in [0.2, 0.25) is 0 Å². The summed E-state index contributed by atoms with van der Waals surface area (Å²) in [5.74, 6) is 0. The molecule has 0 aliphatic rings. The van der Waals surface area contributed by atoms with Crippen molar-refractivity contribution in [3.63, 3.8) is 0 Å². The van der Waals surface area contributed by atoms with Gasteiger partial charge in [-0.15, -0.1) is 9.66 Å². The van der Waals surface area contributed by atoms with Gasteiger partial charge in [-0.25, -0.2) is 16.8 Å². The fourth-order valence-electron chi connectivity index (χ4n) is 2.55. The minimum atomic E-state index is -4.06. The van der Waals surface area contributed by atoms with Crippen molar-refractivity contribution < 1.29 is 16.8 Å². The molecule has 26 heavy (non-hydrogen) atoms. The Kier molecular flexibility index (Phi) is 4.85. The molecule has 0 bridgehead atoms. The third kappa shape index (κ3) is 3.78. The monoisotopic (exact) mass is 390 g/mol. The van der Waals surface area contributed by atoms with Gasteiger partial charge in [-0.05, 0) is 53.9 Å². The van der Waals surface area contributed by atoms with Crippen molar-refractivity contribution in [3.05, 3.63) is 71.8 Å². The summed E-state index contributed by atoms with van der Waals surface area (Å²) in [6.07, 6.45) is 0. The van der Waals surface area contributed by atoms with Crippen molar-refractivity contribution in [2.75, 3.05) is 0 Å². The van der Waals surface area contributed by atoms with E-state index in [0.29, 0.717) is 5.56 Å². The summed E-state index contributed by atoms with van der Waals surface area (Å²) in [5, 5.41) is 1.63. The molecule has 6 nitrogen and oxygen atoms in total. The van der Waals surface area contributed by atoms with Gasteiger partial charge in [0.05, 0.1) is 9.79 Å². The highest BCUT2D eigenvalue weighted by atomic mass is 32.2. The SMILES string of the molecule is Cc1ccc(C)c(S(=O)(=O)NNS(=O)(=O)c2ccc3ccccc3c2)c1. The van der Waals surface area contributed by atoms with E-state index in [1.807, 2.05) is 21.8 Å². The third-order valence-corrected chi connectivity index (χ3v) is 6.74. The molecule has 0 aromatic heterocycles. The van der Waals surface area contributed by atoms with Gasteiger partial charge in [-0.1, -0.05) is 42.5 Å². The second-order valence-electron chi connectivity index (χ2n) is 5.99. The summed E-state index contributed by atoms with van der Waals surface area (Å²) in [6.45, 7) is 3.41. The molecule has 0 heterocycles. The molecule has 0 atom stereocenters. The van der Waals surface area contributed by atoms with Gasteiger partial charge in [0.25, 0.3) is 20.0 Å². The molecule has 0 aliphatic carbocycles. The number of nitrogens with one attached hydrogen (secondary N) is 2. The molecule has 0 amide bonds. The molecular weight excluding hydrogens is 372 g/mol. The zero-order valence-electron chi connectivity index (χ0n) is 14.2. The molecule has 0 saturated heterocycles. The van der Waals surface area contributed by atoms with Crippen molar-refractivity contribution in [1.82, 2.24) is 9.66 Å². The molecule has 0 saturated carbocycles. The summed E-state index contributed by atoms with van der Waals surface area (Å²) in [4.78, 5) is 3.92. The van der Waals surface area contributed by atoms with Crippen LogP contribution in [0.2, 0.25) is 0 Å².